The molecule has 0 fully saturated rings. The number of allylic oxidation sites excluding steroid dienone is 1. The summed E-state index contributed by atoms with van der Waals surface area (Å²) >= 11 is 0. The van der Waals surface area contributed by atoms with Gasteiger partial charge >= 0.3 is 0 Å². The van der Waals surface area contributed by atoms with Crippen LogP contribution in [0.25, 0.3) is 0 Å². The minimum absolute atomic E-state index is 0.153. The molecule has 0 unspecified atom stereocenters. The summed E-state index contributed by atoms with van der Waals surface area (Å²) in [5, 5.41) is 8.51. The quantitative estimate of drug-likeness (QED) is 0.386. The van der Waals surface area contributed by atoms with Crippen LogP contribution in [0.1, 0.15) is 15.9 Å². The molecule has 0 aromatic heterocycles. The lowest BCUT2D eigenvalue weighted by Gasteiger charge is -1.93. The molecule has 62 valence electrons. The SMILES string of the molecule is C=C=CC(=O)c1ccc(C#N)cc1. The van der Waals surface area contributed by atoms with E-state index in [0.29, 0.717) is 11.1 Å². The molecule has 0 heterocycles. The summed E-state index contributed by atoms with van der Waals surface area (Å²) in [6.07, 6.45) is 1.27. The van der Waals surface area contributed by atoms with Gasteiger partial charge in [-0.1, -0.05) is 6.58 Å². The van der Waals surface area contributed by atoms with Crippen molar-refractivity contribution in [2.45, 2.75) is 0 Å². The maximum atomic E-state index is 11.2. The van der Waals surface area contributed by atoms with Crippen LogP contribution in [0.2, 0.25) is 0 Å². The smallest absolute Gasteiger partial charge is 0.193 e. The summed E-state index contributed by atoms with van der Waals surface area (Å²) in [5.74, 6) is -0.153. The van der Waals surface area contributed by atoms with Crippen LogP contribution in [0.5, 0.6) is 0 Å². The Labute approximate surface area is 76.4 Å². The fraction of sp³-hybridized carbons (Fsp3) is 0. The van der Waals surface area contributed by atoms with Gasteiger partial charge in [-0.2, -0.15) is 5.26 Å². The van der Waals surface area contributed by atoms with E-state index in [0.717, 1.165) is 0 Å². The topological polar surface area (TPSA) is 40.9 Å². The first kappa shape index (κ1) is 8.99. The molecule has 0 spiro atoms. The van der Waals surface area contributed by atoms with Crippen LogP contribution in [0, 0.1) is 11.3 Å². The van der Waals surface area contributed by atoms with E-state index in [1.54, 1.807) is 24.3 Å². The fourth-order valence-corrected chi connectivity index (χ4v) is 0.885. The second kappa shape index (κ2) is 4.06. The Bertz CT molecular complexity index is 403. The van der Waals surface area contributed by atoms with Crippen LogP contribution < -0.4 is 0 Å². The van der Waals surface area contributed by atoms with Crippen molar-refractivity contribution in [1.82, 2.24) is 0 Å². The predicted octanol–water partition coefficient (Wildman–Crippen LogP) is 2.08. The molecule has 0 amide bonds. The Kier molecular flexibility index (Phi) is 2.81. The summed E-state index contributed by atoms with van der Waals surface area (Å²) in [7, 11) is 0. The van der Waals surface area contributed by atoms with Gasteiger partial charge in [0, 0.05) is 11.6 Å². The number of carbonyl (C=O) groups excluding carboxylic acids is 1. The standard InChI is InChI=1S/C11H7NO/c1-2-3-11(13)10-6-4-9(8-12)5-7-10/h3-7H,1H2. The number of ketones is 1. The van der Waals surface area contributed by atoms with Crippen LogP contribution >= 0.6 is 0 Å². The van der Waals surface area contributed by atoms with E-state index in [1.807, 2.05) is 6.07 Å². The van der Waals surface area contributed by atoms with Crippen molar-refractivity contribution in [3.05, 3.63) is 53.8 Å². The molecule has 1 aromatic carbocycles. The lowest BCUT2D eigenvalue weighted by Crippen LogP contribution is -1.92. The summed E-state index contributed by atoms with van der Waals surface area (Å²) in [5.41, 5.74) is 3.48. The highest BCUT2D eigenvalue weighted by atomic mass is 16.1. The number of benzene rings is 1. The van der Waals surface area contributed by atoms with Gasteiger partial charge in [-0.05, 0) is 24.3 Å². The van der Waals surface area contributed by atoms with Crippen LogP contribution in [0.15, 0.2) is 42.7 Å². The van der Waals surface area contributed by atoms with Gasteiger partial charge in [-0.25, -0.2) is 0 Å². The van der Waals surface area contributed by atoms with Crippen molar-refractivity contribution in [2.24, 2.45) is 0 Å². The summed E-state index contributed by atoms with van der Waals surface area (Å²) in [6.45, 7) is 3.31. The first-order valence-electron chi connectivity index (χ1n) is 3.68. The van der Waals surface area contributed by atoms with Crippen molar-refractivity contribution >= 4 is 5.78 Å². The van der Waals surface area contributed by atoms with E-state index in [2.05, 4.69) is 12.3 Å². The molecular formula is C11H7NO. The largest absolute Gasteiger partial charge is 0.289 e. The number of carbonyl (C=O) groups is 1. The van der Waals surface area contributed by atoms with E-state index < -0.39 is 0 Å². The normalized spacial score (nSPS) is 8.23. The molecule has 0 saturated carbocycles. The van der Waals surface area contributed by atoms with Crippen molar-refractivity contribution in [2.75, 3.05) is 0 Å². The van der Waals surface area contributed by atoms with Gasteiger partial charge in [-0.3, -0.25) is 4.79 Å². The molecule has 0 N–H and O–H groups in total. The predicted molar refractivity (Wildman–Crippen MR) is 49.2 cm³/mol. The molecule has 1 rings (SSSR count). The van der Waals surface area contributed by atoms with Crippen molar-refractivity contribution in [3.63, 3.8) is 0 Å². The molecule has 0 radical (unpaired) electrons. The zero-order valence-corrected chi connectivity index (χ0v) is 6.95. The Morgan fingerprint density at radius 3 is 2.46 bits per heavy atom. The highest BCUT2D eigenvalue weighted by Crippen LogP contribution is 2.04. The minimum Gasteiger partial charge on any atom is -0.289 e. The van der Waals surface area contributed by atoms with Crippen LogP contribution in [0.3, 0.4) is 0 Å². The van der Waals surface area contributed by atoms with Crippen molar-refractivity contribution in [1.29, 1.82) is 5.26 Å². The average Bonchev–Trinajstić information content (AvgIpc) is 2.18. The monoisotopic (exact) mass is 169 g/mol. The fourth-order valence-electron chi connectivity index (χ4n) is 0.885. The lowest BCUT2D eigenvalue weighted by atomic mass is 10.1. The third kappa shape index (κ3) is 2.16. The van der Waals surface area contributed by atoms with Crippen molar-refractivity contribution in [3.8, 4) is 6.07 Å². The zero-order chi connectivity index (χ0) is 9.68. The molecule has 0 saturated heterocycles. The molecule has 0 aliphatic carbocycles. The Balaban J connectivity index is 3.00. The maximum absolute atomic E-state index is 11.2. The van der Waals surface area contributed by atoms with Crippen LogP contribution in [-0.2, 0) is 0 Å². The number of hydrogen-bond donors (Lipinski definition) is 0. The average molecular weight is 169 g/mol. The molecule has 2 nitrogen and oxygen atoms in total. The van der Waals surface area contributed by atoms with Gasteiger partial charge < -0.3 is 0 Å². The van der Waals surface area contributed by atoms with Crippen LogP contribution in [-0.4, -0.2) is 5.78 Å². The van der Waals surface area contributed by atoms with E-state index in [1.165, 1.54) is 6.08 Å². The van der Waals surface area contributed by atoms with Gasteiger partial charge in [0.25, 0.3) is 0 Å². The number of hydrogen-bond acceptors (Lipinski definition) is 2. The first-order chi connectivity index (χ1) is 6.27. The third-order valence-electron chi connectivity index (χ3n) is 1.53. The third-order valence-corrected chi connectivity index (χ3v) is 1.53. The minimum atomic E-state index is -0.153. The molecule has 0 aliphatic rings. The Morgan fingerprint density at radius 1 is 1.38 bits per heavy atom. The Morgan fingerprint density at radius 2 is 2.00 bits per heavy atom. The first-order valence-corrected chi connectivity index (χ1v) is 3.68. The second-order valence-electron chi connectivity index (χ2n) is 2.40. The van der Waals surface area contributed by atoms with E-state index >= 15 is 0 Å². The second-order valence-corrected chi connectivity index (χ2v) is 2.40. The van der Waals surface area contributed by atoms with Gasteiger partial charge in [0.05, 0.1) is 11.6 Å². The number of nitriles is 1. The number of rotatable bonds is 2. The number of nitrogens with zero attached hydrogens (tertiary/aromatic N) is 1. The molecule has 13 heavy (non-hydrogen) atoms. The van der Waals surface area contributed by atoms with Gasteiger partial charge in [0.2, 0.25) is 0 Å². The van der Waals surface area contributed by atoms with Crippen molar-refractivity contribution < 1.29 is 4.79 Å². The lowest BCUT2D eigenvalue weighted by molar-refractivity contribution is 0.104. The van der Waals surface area contributed by atoms with E-state index in [9.17, 15) is 4.79 Å². The van der Waals surface area contributed by atoms with Crippen LogP contribution in [0.4, 0.5) is 0 Å². The van der Waals surface area contributed by atoms with E-state index in [-0.39, 0.29) is 5.78 Å². The summed E-state index contributed by atoms with van der Waals surface area (Å²) in [6, 6.07) is 8.39. The van der Waals surface area contributed by atoms with Gasteiger partial charge in [-0.15, -0.1) is 5.73 Å². The molecule has 0 atom stereocenters. The molecule has 0 aliphatic heterocycles. The maximum Gasteiger partial charge on any atom is 0.193 e. The highest BCUT2D eigenvalue weighted by molar-refractivity contribution is 6.04. The molecule has 1 aromatic rings. The zero-order valence-electron chi connectivity index (χ0n) is 6.95. The van der Waals surface area contributed by atoms with Gasteiger partial charge in [0.1, 0.15) is 0 Å². The molecular weight excluding hydrogens is 162 g/mol. The van der Waals surface area contributed by atoms with Gasteiger partial charge in [0.15, 0.2) is 5.78 Å². The molecule has 0 bridgehead atoms. The highest BCUT2D eigenvalue weighted by Gasteiger charge is 1.99. The molecule has 2 heteroatoms. The summed E-state index contributed by atoms with van der Waals surface area (Å²) < 4.78 is 0. The Hall–Kier alpha value is -2.10. The summed E-state index contributed by atoms with van der Waals surface area (Å²) in [4.78, 5) is 11.2. The van der Waals surface area contributed by atoms with E-state index in [4.69, 9.17) is 5.26 Å².